The molecule has 1 amide bonds. The van der Waals surface area contributed by atoms with Crippen LogP contribution in [0.5, 0.6) is 5.75 Å². The Morgan fingerprint density at radius 1 is 1.37 bits per heavy atom. The zero-order valence-electron chi connectivity index (χ0n) is 14.6. The Morgan fingerprint density at radius 2 is 2.15 bits per heavy atom. The van der Waals surface area contributed by atoms with Gasteiger partial charge in [0.25, 0.3) is 5.91 Å². The highest BCUT2D eigenvalue weighted by Crippen LogP contribution is 2.39. The minimum Gasteiger partial charge on any atom is -0.483 e. The number of nitrogens with one attached hydrogen (secondary N) is 1. The van der Waals surface area contributed by atoms with Crippen LogP contribution in [0.15, 0.2) is 41.3 Å². The van der Waals surface area contributed by atoms with Gasteiger partial charge in [-0.25, -0.2) is 4.39 Å². The van der Waals surface area contributed by atoms with Crippen LogP contribution in [0.3, 0.4) is 0 Å². The van der Waals surface area contributed by atoms with Gasteiger partial charge in [0.15, 0.2) is 12.4 Å². The first-order valence-corrected chi connectivity index (χ1v) is 9.37. The molecule has 0 radical (unpaired) electrons. The van der Waals surface area contributed by atoms with Gasteiger partial charge in [-0.1, -0.05) is 19.1 Å². The largest absolute Gasteiger partial charge is 0.483 e. The summed E-state index contributed by atoms with van der Waals surface area (Å²) in [5.41, 5.74) is 1.18. The number of carbonyl (C=O) groups excluding carboxylic acids is 2. The second-order valence-electron chi connectivity index (χ2n) is 6.14. The van der Waals surface area contributed by atoms with Crippen molar-refractivity contribution >= 4 is 29.1 Å². The van der Waals surface area contributed by atoms with Crippen molar-refractivity contribution in [3.63, 3.8) is 0 Å². The number of fused-ring (bicyclic) bond motifs is 1. The van der Waals surface area contributed by atoms with Crippen LogP contribution in [0.1, 0.15) is 35.2 Å². The van der Waals surface area contributed by atoms with Gasteiger partial charge in [0, 0.05) is 16.9 Å². The second kappa shape index (κ2) is 8.23. The van der Waals surface area contributed by atoms with Gasteiger partial charge in [0.2, 0.25) is 0 Å². The zero-order chi connectivity index (χ0) is 19.4. The molecule has 3 rings (SSSR count). The quantitative estimate of drug-likeness (QED) is 0.757. The number of benzene rings is 2. The van der Waals surface area contributed by atoms with Gasteiger partial charge in [-0.3, -0.25) is 9.59 Å². The molecule has 138 valence electrons. The first kappa shape index (κ1) is 18.9. The highest BCUT2D eigenvalue weighted by molar-refractivity contribution is 7.99. The summed E-state index contributed by atoms with van der Waals surface area (Å²) >= 11 is 1.32. The summed E-state index contributed by atoms with van der Waals surface area (Å²) in [5.74, 6) is -0.714. The number of rotatable bonds is 6. The molecule has 1 atom stereocenters. The standard InChI is InChI=1S/C20H17FN2O3S/c1-12-10-15(24)20-16(7-6-13(21)19(12)20)26-11-18(25)23-14-4-2-3-5-17(14)27-9-8-22/h2-7,12H,9-11H2,1H3,(H,23,25)/t12-/m1/s1. The Hall–Kier alpha value is -2.85. The third-order valence-electron chi connectivity index (χ3n) is 4.23. The van der Waals surface area contributed by atoms with Crippen LogP contribution < -0.4 is 10.1 Å². The van der Waals surface area contributed by atoms with E-state index in [1.54, 1.807) is 19.1 Å². The van der Waals surface area contributed by atoms with Gasteiger partial charge in [-0.05, 0) is 30.2 Å². The lowest BCUT2D eigenvalue weighted by atomic mass is 10.0. The van der Waals surface area contributed by atoms with Crippen LogP contribution in [0, 0.1) is 17.1 Å². The van der Waals surface area contributed by atoms with E-state index in [2.05, 4.69) is 5.32 Å². The molecule has 27 heavy (non-hydrogen) atoms. The lowest BCUT2D eigenvalue weighted by molar-refractivity contribution is -0.118. The third kappa shape index (κ3) is 4.12. The number of hydrogen-bond acceptors (Lipinski definition) is 5. The van der Waals surface area contributed by atoms with Crippen molar-refractivity contribution in [2.75, 3.05) is 17.7 Å². The molecule has 0 fully saturated rings. The minimum absolute atomic E-state index is 0.175. The van der Waals surface area contributed by atoms with Gasteiger partial charge < -0.3 is 10.1 Å². The molecule has 0 aromatic heterocycles. The monoisotopic (exact) mass is 384 g/mol. The molecule has 1 aliphatic rings. The molecule has 0 saturated carbocycles. The number of amides is 1. The Kier molecular flexibility index (Phi) is 5.77. The van der Waals surface area contributed by atoms with E-state index in [0.717, 1.165) is 4.90 Å². The van der Waals surface area contributed by atoms with Crippen molar-refractivity contribution in [1.29, 1.82) is 5.26 Å². The molecule has 0 spiro atoms. The predicted molar refractivity (Wildman–Crippen MR) is 101 cm³/mol. The van der Waals surface area contributed by atoms with Gasteiger partial charge in [-0.2, -0.15) is 5.26 Å². The molecule has 1 aliphatic carbocycles. The van der Waals surface area contributed by atoms with E-state index in [-0.39, 0.29) is 41.8 Å². The molecule has 5 nitrogen and oxygen atoms in total. The number of thioether (sulfide) groups is 1. The van der Waals surface area contributed by atoms with Crippen molar-refractivity contribution in [3.05, 3.63) is 53.3 Å². The number of nitriles is 1. The maximum Gasteiger partial charge on any atom is 0.262 e. The van der Waals surface area contributed by atoms with E-state index in [1.165, 1.54) is 23.9 Å². The van der Waals surface area contributed by atoms with Crippen molar-refractivity contribution < 1.29 is 18.7 Å². The Bertz CT molecular complexity index is 939. The van der Waals surface area contributed by atoms with Crippen molar-refractivity contribution in [2.45, 2.75) is 24.2 Å². The van der Waals surface area contributed by atoms with E-state index in [4.69, 9.17) is 10.00 Å². The van der Waals surface area contributed by atoms with Crippen LogP contribution in [0.4, 0.5) is 10.1 Å². The van der Waals surface area contributed by atoms with Gasteiger partial charge in [0.1, 0.15) is 11.6 Å². The van der Waals surface area contributed by atoms with E-state index in [0.29, 0.717) is 11.3 Å². The fourth-order valence-corrected chi connectivity index (χ4v) is 3.75. The van der Waals surface area contributed by atoms with Crippen molar-refractivity contribution in [2.24, 2.45) is 0 Å². The number of ether oxygens (including phenoxy) is 1. The van der Waals surface area contributed by atoms with E-state index < -0.39 is 11.7 Å². The molecule has 2 aromatic carbocycles. The Labute approximate surface area is 160 Å². The number of para-hydroxylation sites is 1. The first-order chi connectivity index (χ1) is 13.0. The number of anilines is 1. The summed E-state index contributed by atoms with van der Waals surface area (Å²) in [4.78, 5) is 25.2. The van der Waals surface area contributed by atoms with Crippen LogP contribution >= 0.6 is 11.8 Å². The molecule has 0 unspecified atom stereocenters. The lowest BCUT2D eigenvalue weighted by Gasteiger charge is -2.13. The number of Topliss-reactive ketones (excluding diaryl/α,β-unsaturated/α-hetero) is 1. The lowest BCUT2D eigenvalue weighted by Crippen LogP contribution is -2.21. The average molecular weight is 384 g/mol. The van der Waals surface area contributed by atoms with Crippen molar-refractivity contribution in [3.8, 4) is 11.8 Å². The first-order valence-electron chi connectivity index (χ1n) is 8.38. The van der Waals surface area contributed by atoms with E-state index in [9.17, 15) is 14.0 Å². The fraction of sp³-hybridized carbons (Fsp3) is 0.250. The Morgan fingerprint density at radius 3 is 2.93 bits per heavy atom. The van der Waals surface area contributed by atoms with Gasteiger partial charge in [0.05, 0.1) is 23.1 Å². The molecule has 1 N–H and O–H groups in total. The van der Waals surface area contributed by atoms with Crippen LogP contribution in [0.2, 0.25) is 0 Å². The number of carbonyl (C=O) groups is 2. The van der Waals surface area contributed by atoms with Crippen molar-refractivity contribution in [1.82, 2.24) is 0 Å². The van der Waals surface area contributed by atoms with Gasteiger partial charge in [-0.15, -0.1) is 11.8 Å². The summed E-state index contributed by atoms with van der Waals surface area (Å²) in [5, 5.41) is 11.5. The molecule has 2 aromatic rings. The Balaban J connectivity index is 1.70. The third-order valence-corrected chi connectivity index (χ3v) is 5.17. The molecule has 0 bridgehead atoms. The maximum absolute atomic E-state index is 14.0. The van der Waals surface area contributed by atoms with E-state index >= 15 is 0 Å². The summed E-state index contributed by atoms with van der Waals surface area (Å²) < 4.78 is 19.5. The summed E-state index contributed by atoms with van der Waals surface area (Å²) in [7, 11) is 0. The van der Waals surface area contributed by atoms with E-state index in [1.807, 2.05) is 18.2 Å². The number of hydrogen-bond donors (Lipinski definition) is 1. The molecule has 7 heteroatoms. The average Bonchev–Trinajstić information content (AvgIpc) is 2.96. The fourth-order valence-electron chi connectivity index (χ4n) is 3.08. The minimum atomic E-state index is -0.427. The zero-order valence-corrected chi connectivity index (χ0v) is 15.4. The summed E-state index contributed by atoms with van der Waals surface area (Å²) in [6, 6.07) is 11.8. The number of nitrogens with zero attached hydrogens (tertiary/aromatic N) is 1. The molecular formula is C20H17FN2O3S. The molecule has 0 aliphatic heterocycles. The second-order valence-corrected chi connectivity index (χ2v) is 7.16. The highest BCUT2D eigenvalue weighted by Gasteiger charge is 2.32. The summed E-state index contributed by atoms with van der Waals surface area (Å²) in [6.07, 6.45) is 0.238. The molecule has 0 heterocycles. The molecule has 0 saturated heterocycles. The van der Waals surface area contributed by atoms with Crippen LogP contribution in [-0.4, -0.2) is 24.1 Å². The number of halogens is 1. The van der Waals surface area contributed by atoms with Crippen LogP contribution in [-0.2, 0) is 4.79 Å². The smallest absolute Gasteiger partial charge is 0.262 e. The topological polar surface area (TPSA) is 79.2 Å². The SMILES string of the molecule is C[C@@H]1CC(=O)c2c(OCC(=O)Nc3ccccc3SCC#N)ccc(F)c21. The highest BCUT2D eigenvalue weighted by atomic mass is 32.2. The van der Waals surface area contributed by atoms with Crippen LogP contribution in [0.25, 0.3) is 0 Å². The number of ketones is 1. The normalized spacial score (nSPS) is 15.1. The summed E-state index contributed by atoms with van der Waals surface area (Å²) in [6.45, 7) is 1.48. The maximum atomic E-state index is 14.0. The molecular weight excluding hydrogens is 367 g/mol. The predicted octanol–water partition coefficient (Wildman–Crippen LogP) is 4.15. The van der Waals surface area contributed by atoms with Gasteiger partial charge >= 0.3 is 0 Å².